The summed E-state index contributed by atoms with van der Waals surface area (Å²) in [6.07, 6.45) is 5.70. The molecule has 0 saturated carbocycles. The van der Waals surface area contributed by atoms with E-state index in [1.165, 1.54) is 0 Å². The zero-order valence-corrected chi connectivity index (χ0v) is 19.9. The van der Waals surface area contributed by atoms with Gasteiger partial charge in [-0.15, -0.1) is 34.2 Å². The van der Waals surface area contributed by atoms with Gasteiger partial charge in [-0.05, 0) is 24.7 Å². The molecule has 8 nitrogen and oxygen atoms in total. The summed E-state index contributed by atoms with van der Waals surface area (Å²) in [6.45, 7) is 6.91. The first kappa shape index (κ1) is 23.7. The highest BCUT2D eigenvalue weighted by Crippen LogP contribution is 2.16. The van der Waals surface area contributed by atoms with E-state index < -0.39 is 0 Å². The van der Waals surface area contributed by atoms with Gasteiger partial charge in [-0.25, -0.2) is 0 Å². The smallest absolute Gasteiger partial charge is 0.191 e. The number of nitrogens with one attached hydrogen (secondary N) is 2. The first-order chi connectivity index (χ1) is 12.5. The molecule has 0 fully saturated rings. The number of aryl methyl sites for hydroxylation is 2. The summed E-state index contributed by atoms with van der Waals surface area (Å²) in [5.74, 6) is 2.42. The largest absolute Gasteiger partial charge is 0.356 e. The minimum Gasteiger partial charge on any atom is -0.356 e. The zero-order chi connectivity index (χ0) is 18.9. The lowest BCUT2D eigenvalue weighted by Crippen LogP contribution is -2.37. The minimum atomic E-state index is 0. The number of rotatable bonds is 9. The first-order valence-electron chi connectivity index (χ1n) is 8.92. The molecule has 0 atom stereocenters. The fraction of sp³-hybridized carbons (Fsp3) is 0.647. The number of aliphatic imine (C=N–C) groups is 1. The molecular formula is C17H31IN8S. The van der Waals surface area contributed by atoms with Gasteiger partial charge in [0.15, 0.2) is 11.1 Å². The van der Waals surface area contributed by atoms with Gasteiger partial charge in [0, 0.05) is 39.8 Å². The van der Waals surface area contributed by atoms with Crippen LogP contribution in [-0.4, -0.2) is 50.4 Å². The van der Waals surface area contributed by atoms with Crippen LogP contribution >= 0.6 is 35.7 Å². The standard InChI is InChI=1S/C17H30N8S.HI/c1-13(2)12-25-15(22-23-17(25)26-5)7-6-9-19-16(18-3)20-11-14-8-10-21-24(14)4;/h8,10,13H,6-7,9,11-12H2,1-5H3,(H2,18,19,20);1H. The predicted octanol–water partition coefficient (Wildman–Crippen LogP) is 2.31. The lowest BCUT2D eigenvalue weighted by molar-refractivity contribution is 0.477. The molecule has 10 heteroatoms. The van der Waals surface area contributed by atoms with E-state index in [1.807, 2.05) is 24.1 Å². The molecular weight excluding hydrogens is 475 g/mol. The van der Waals surface area contributed by atoms with Crippen LogP contribution in [0, 0.1) is 5.92 Å². The highest BCUT2D eigenvalue weighted by molar-refractivity contribution is 14.0. The molecule has 0 aliphatic rings. The van der Waals surface area contributed by atoms with Crippen molar-refractivity contribution in [3.63, 3.8) is 0 Å². The van der Waals surface area contributed by atoms with Crippen molar-refractivity contribution < 1.29 is 0 Å². The second kappa shape index (κ2) is 12.2. The molecule has 0 aliphatic carbocycles. The molecule has 2 aromatic rings. The molecule has 27 heavy (non-hydrogen) atoms. The van der Waals surface area contributed by atoms with Gasteiger partial charge in [-0.2, -0.15) is 5.10 Å². The first-order valence-corrected chi connectivity index (χ1v) is 10.1. The Kier molecular flexibility index (Phi) is 10.7. The zero-order valence-electron chi connectivity index (χ0n) is 16.8. The Morgan fingerprint density at radius 1 is 1.30 bits per heavy atom. The van der Waals surface area contributed by atoms with Crippen molar-refractivity contribution in [3.8, 4) is 0 Å². The van der Waals surface area contributed by atoms with E-state index >= 15 is 0 Å². The van der Waals surface area contributed by atoms with Crippen LogP contribution in [0.25, 0.3) is 0 Å². The van der Waals surface area contributed by atoms with Gasteiger partial charge in [0.1, 0.15) is 5.82 Å². The number of nitrogens with zero attached hydrogens (tertiary/aromatic N) is 6. The summed E-state index contributed by atoms with van der Waals surface area (Å²) < 4.78 is 4.09. The monoisotopic (exact) mass is 506 g/mol. The van der Waals surface area contributed by atoms with Crippen molar-refractivity contribution in [3.05, 3.63) is 23.8 Å². The second-order valence-corrected chi connectivity index (χ2v) is 7.28. The van der Waals surface area contributed by atoms with E-state index in [9.17, 15) is 0 Å². The highest BCUT2D eigenvalue weighted by atomic mass is 127. The van der Waals surface area contributed by atoms with Crippen LogP contribution in [-0.2, 0) is 26.6 Å². The molecule has 0 amide bonds. The van der Waals surface area contributed by atoms with Crippen molar-refractivity contribution in [2.24, 2.45) is 18.0 Å². The summed E-state index contributed by atoms with van der Waals surface area (Å²) >= 11 is 1.65. The van der Waals surface area contributed by atoms with E-state index in [-0.39, 0.29) is 24.0 Å². The SMILES string of the molecule is CN=C(NCCCc1nnc(SC)n1CC(C)C)NCc1ccnn1C.I. The third kappa shape index (κ3) is 7.32. The molecule has 2 aromatic heterocycles. The lowest BCUT2D eigenvalue weighted by Gasteiger charge is -2.13. The van der Waals surface area contributed by atoms with Crippen LogP contribution < -0.4 is 10.6 Å². The van der Waals surface area contributed by atoms with E-state index in [2.05, 4.69) is 49.3 Å². The normalized spacial score (nSPS) is 11.6. The van der Waals surface area contributed by atoms with Crippen LogP contribution in [0.1, 0.15) is 31.8 Å². The van der Waals surface area contributed by atoms with Crippen LogP contribution in [0.3, 0.4) is 0 Å². The minimum absolute atomic E-state index is 0. The number of guanidine groups is 1. The van der Waals surface area contributed by atoms with Crippen LogP contribution in [0.15, 0.2) is 22.4 Å². The molecule has 0 spiro atoms. The van der Waals surface area contributed by atoms with E-state index in [0.717, 1.165) is 48.6 Å². The Morgan fingerprint density at radius 3 is 2.67 bits per heavy atom. The predicted molar refractivity (Wildman–Crippen MR) is 122 cm³/mol. The molecule has 2 rings (SSSR count). The summed E-state index contributed by atoms with van der Waals surface area (Å²) in [7, 11) is 3.71. The van der Waals surface area contributed by atoms with Gasteiger partial charge in [0.25, 0.3) is 0 Å². The summed E-state index contributed by atoms with van der Waals surface area (Å²) in [6, 6.07) is 1.99. The number of aromatic nitrogens is 5. The van der Waals surface area contributed by atoms with Crippen molar-refractivity contribution in [2.45, 2.75) is 44.9 Å². The van der Waals surface area contributed by atoms with E-state index in [0.29, 0.717) is 12.5 Å². The topological polar surface area (TPSA) is 84.9 Å². The van der Waals surface area contributed by atoms with Gasteiger partial charge >= 0.3 is 0 Å². The van der Waals surface area contributed by atoms with Crippen LogP contribution in [0.4, 0.5) is 0 Å². The number of halogens is 1. The van der Waals surface area contributed by atoms with E-state index in [1.54, 1.807) is 25.0 Å². The third-order valence-corrected chi connectivity index (χ3v) is 4.64. The maximum atomic E-state index is 4.37. The van der Waals surface area contributed by atoms with Gasteiger partial charge in [0.2, 0.25) is 0 Å². The molecule has 0 aliphatic heterocycles. The van der Waals surface area contributed by atoms with Gasteiger partial charge in [-0.3, -0.25) is 9.67 Å². The van der Waals surface area contributed by atoms with Crippen molar-refractivity contribution in [1.29, 1.82) is 0 Å². The van der Waals surface area contributed by atoms with E-state index in [4.69, 9.17) is 0 Å². The average Bonchev–Trinajstić information content (AvgIpc) is 3.20. The summed E-state index contributed by atoms with van der Waals surface area (Å²) in [5.41, 5.74) is 1.11. The van der Waals surface area contributed by atoms with Crippen molar-refractivity contribution >= 4 is 41.7 Å². The molecule has 2 N–H and O–H groups in total. The summed E-state index contributed by atoms with van der Waals surface area (Å²) in [4.78, 5) is 4.26. The Labute approximate surface area is 183 Å². The quantitative estimate of drug-likeness (QED) is 0.179. The lowest BCUT2D eigenvalue weighted by atomic mass is 10.2. The number of thioether (sulfide) groups is 1. The van der Waals surface area contributed by atoms with Crippen molar-refractivity contribution in [2.75, 3.05) is 19.8 Å². The number of hydrogen-bond acceptors (Lipinski definition) is 5. The molecule has 0 saturated heterocycles. The Bertz CT molecular complexity index is 710. The highest BCUT2D eigenvalue weighted by Gasteiger charge is 2.12. The maximum Gasteiger partial charge on any atom is 0.191 e. The Balaban J connectivity index is 0.00000364. The number of hydrogen-bond donors (Lipinski definition) is 2. The summed E-state index contributed by atoms with van der Waals surface area (Å²) in [5, 5.41) is 20.5. The molecule has 2 heterocycles. The average molecular weight is 506 g/mol. The van der Waals surface area contributed by atoms with Gasteiger partial charge in [-0.1, -0.05) is 25.6 Å². The molecule has 0 unspecified atom stereocenters. The maximum absolute atomic E-state index is 4.37. The fourth-order valence-corrected chi connectivity index (χ4v) is 3.15. The Morgan fingerprint density at radius 2 is 2.07 bits per heavy atom. The Hall–Kier alpha value is -1.30. The third-order valence-electron chi connectivity index (χ3n) is 3.98. The molecule has 0 bridgehead atoms. The van der Waals surface area contributed by atoms with Crippen molar-refractivity contribution in [1.82, 2.24) is 35.2 Å². The molecule has 0 radical (unpaired) electrons. The van der Waals surface area contributed by atoms with Gasteiger partial charge < -0.3 is 15.2 Å². The molecule has 0 aromatic carbocycles. The van der Waals surface area contributed by atoms with Gasteiger partial charge in [0.05, 0.1) is 12.2 Å². The molecule has 152 valence electrons. The van der Waals surface area contributed by atoms with Crippen LogP contribution in [0.2, 0.25) is 0 Å². The second-order valence-electron chi connectivity index (χ2n) is 6.51. The fourth-order valence-electron chi connectivity index (χ4n) is 2.63. The van der Waals surface area contributed by atoms with Crippen LogP contribution in [0.5, 0.6) is 0 Å².